The van der Waals surface area contributed by atoms with Gasteiger partial charge in [-0.05, 0) is 49.3 Å². The van der Waals surface area contributed by atoms with E-state index in [-0.39, 0.29) is 5.63 Å². The van der Waals surface area contributed by atoms with E-state index >= 15 is 0 Å². The molecule has 1 aliphatic carbocycles. The van der Waals surface area contributed by atoms with Gasteiger partial charge in [0.15, 0.2) is 0 Å². The molecule has 0 unspecified atom stereocenters. The van der Waals surface area contributed by atoms with Crippen molar-refractivity contribution >= 4 is 6.08 Å². The van der Waals surface area contributed by atoms with Gasteiger partial charge < -0.3 is 4.42 Å². The van der Waals surface area contributed by atoms with Crippen LogP contribution in [0.1, 0.15) is 43.9 Å². The van der Waals surface area contributed by atoms with Crippen LogP contribution in [-0.4, -0.2) is 0 Å². The molecule has 0 N–H and O–H groups in total. The highest BCUT2D eigenvalue weighted by molar-refractivity contribution is 5.43. The van der Waals surface area contributed by atoms with Crippen molar-refractivity contribution in [2.24, 2.45) is 11.8 Å². The third kappa shape index (κ3) is 3.58. The molecule has 1 aliphatic rings. The predicted molar refractivity (Wildman–Crippen MR) is 69.9 cm³/mol. The third-order valence-corrected chi connectivity index (χ3v) is 3.53. The standard InChI is InChI=1S/C15H20O2/c1-11-3-5-13(6-4-11)7-8-14-9-12(2)10-15(16)17-14/h7-11,13H,3-6H2,1-2H3/b8-7+. The van der Waals surface area contributed by atoms with Gasteiger partial charge in [0.2, 0.25) is 0 Å². The molecule has 0 radical (unpaired) electrons. The van der Waals surface area contributed by atoms with E-state index < -0.39 is 0 Å². The topological polar surface area (TPSA) is 30.2 Å². The van der Waals surface area contributed by atoms with Gasteiger partial charge in [0.1, 0.15) is 5.76 Å². The van der Waals surface area contributed by atoms with Crippen molar-refractivity contribution in [1.82, 2.24) is 0 Å². The van der Waals surface area contributed by atoms with E-state index in [1.54, 1.807) is 0 Å². The molecule has 2 heteroatoms. The first-order chi connectivity index (χ1) is 8.13. The van der Waals surface area contributed by atoms with Crippen molar-refractivity contribution in [2.75, 3.05) is 0 Å². The Morgan fingerprint density at radius 2 is 1.94 bits per heavy atom. The molecular weight excluding hydrogens is 212 g/mol. The molecular formula is C15H20O2. The first-order valence-electron chi connectivity index (χ1n) is 6.43. The highest BCUT2D eigenvalue weighted by atomic mass is 16.4. The molecule has 1 heterocycles. The molecule has 0 spiro atoms. The Morgan fingerprint density at radius 3 is 2.59 bits per heavy atom. The summed E-state index contributed by atoms with van der Waals surface area (Å²) in [7, 11) is 0. The molecule has 0 bridgehead atoms. The fourth-order valence-electron chi connectivity index (χ4n) is 2.42. The van der Waals surface area contributed by atoms with Gasteiger partial charge in [-0.25, -0.2) is 4.79 Å². The molecule has 0 saturated heterocycles. The maximum Gasteiger partial charge on any atom is 0.336 e. The van der Waals surface area contributed by atoms with Gasteiger partial charge in [-0.3, -0.25) is 0 Å². The summed E-state index contributed by atoms with van der Waals surface area (Å²) in [4.78, 5) is 11.2. The summed E-state index contributed by atoms with van der Waals surface area (Å²) >= 11 is 0. The van der Waals surface area contributed by atoms with Crippen LogP contribution in [-0.2, 0) is 0 Å². The van der Waals surface area contributed by atoms with E-state index in [4.69, 9.17) is 4.42 Å². The molecule has 1 aromatic rings. The maximum atomic E-state index is 11.2. The average Bonchev–Trinajstić information content (AvgIpc) is 2.27. The highest BCUT2D eigenvalue weighted by Gasteiger charge is 2.15. The summed E-state index contributed by atoms with van der Waals surface area (Å²) < 4.78 is 5.13. The Balaban J connectivity index is 2.02. The average molecular weight is 232 g/mol. The van der Waals surface area contributed by atoms with Crippen molar-refractivity contribution in [2.45, 2.75) is 39.5 Å². The first kappa shape index (κ1) is 12.2. The van der Waals surface area contributed by atoms with Crippen LogP contribution in [0.2, 0.25) is 0 Å². The lowest BCUT2D eigenvalue weighted by Crippen LogP contribution is -2.10. The zero-order chi connectivity index (χ0) is 12.3. The summed E-state index contributed by atoms with van der Waals surface area (Å²) in [5.41, 5.74) is 0.695. The molecule has 1 saturated carbocycles. The number of aryl methyl sites for hydroxylation is 1. The minimum Gasteiger partial charge on any atom is -0.423 e. The van der Waals surface area contributed by atoms with Crippen molar-refractivity contribution in [3.63, 3.8) is 0 Å². The number of rotatable bonds is 2. The summed E-state index contributed by atoms with van der Waals surface area (Å²) in [6, 6.07) is 3.42. The Morgan fingerprint density at radius 1 is 1.24 bits per heavy atom. The largest absolute Gasteiger partial charge is 0.423 e. The van der Waals surface area contributed by atoms with E-state index in [9.17, 15) is 4.79 Å². The van der Waals surface area contributed by atoms with Crippen molar-refractivity contribution < 1.29 is 4.42 Å². The molecule has 17 heavy (non-hydrogen) atoms. The van der Waals surface area contributed by atoms with Gasteiger partial charge in [-0.2, -0.15) is 0 Å². The Bertz CT molecular complexity index is 448. The fraction of sp³-hybridized carbons (Fsp3) is 0.533. The molecule has 1 aromatic heterocycles. The van der Waals surface area contributed by atoms with Crippen molar-refractivity contribution in [3.8, 4) is 0 Å². The number of hydrogen-bond donors (Lipinski definition) is 0. The zero-order valence-corrected chi connectivity index (χ0v) is 10.6. The predicted octanol–water partition coefficient (Wildman–Crippen LogP) is 3.79. The van der Waals surface area contributed by atoms with Crippen LogP contribution >= 0.6 is 0 Å². The number of allylic oxidation sites excluding steroid dienone is 1. The van der Waals surface area contributed by atoms with Crippen LogP contribution in [0.4, 0.5) is 0 Å². The minimum absolute atomic E-state index is 0.262. The molecule has 0 aliphatic heterocycles. The second kappa shape index (κ2) is 5.35. The quantitative estimate of drug-likeness (QED) is 0.776. The minimum atomic E-state index is -0.262. The fourth-order valence-corrected chi connectivity index (χ4v) is 2.42. The molecule has 2 nitrogen and oxygen atoms in total. The van der Waals surface area contributed by atoms with Gasteiger partial charge in [-0.15, -0.1) is 0 Å². The van der Waals surface area contributed by atoms with Gasteiger partial charge in [0.25, 0.3) is 0 Å². The van der Waals surface area contributed by atoms with Gasteiger partial charge >= 0.3 is 5.63 Å². The van der Waals surface area contributed by atoms with Gasteiger partial charge in [-0.1, -0.05) is 25.8 Å². The maximum absolute atomic E-state index is 11.2. The molecule has 92 valence electrons. The lowest BCUT2D eigenvalue weighted by molar-refractivity contribution is 0.331. The Kier molecular flexibility index (Phi) is 3.82. The lowest BCUT2D eigenvalue weighted by Gasteiger charge is -2.23. The smallest absolute Gasteiger partial charge is 0.336 e. The van der Waals surface area contributed by atoms with E-state index in [0.29, 0.717) is 11.7 Å². The Labute approximate surface area is 102 Å². The normalized spacial score (nSPS) is 25.3. The second-order valence-electron chi connectivity index (χ2n) is 5.24. The first-order valence-corrected chi connectivity index (χ1v) is 6.43. The van der Waals surface area contributed by atoms with Crippen LogP contribution in [0, 0.1) is 18.8 Å². The van der Waals surface area contributed by atoms with Crippen molar-refractivity contribution in [3.05, 3.63) is 40.0 Å². The molecule has 0 aromatic carbocycles. The van der Waals surface area contributed by atoms with E-state index in [1.165, 1.54) is 31.7 Å². The monoisotopic (exact) mass is 232 g/mol. The molecule has 1 fully saturated rings. The molecule has 0 atom stereocenters. The van der Waals surface area contributed by atoms with E-state index in [1.807, 2.05) is 19.1 Å². The molecule has 2 rings (SSSR count). The molecule has 0 amide bonds. The second-order valence-corrected chi connectivity index (χ2v) is 5.24. The van der Waals surface area contributed by atoms with Crippen LogP contribution in [0.5, 0.6) is 0 Å². The summed E-state index contributed by atoms with van der Waals surface area (Å²) in [6.07, 6.45) is 9.29. The van der Waals surface area contributed by atoms with Crippen LogP contribution in [0.3, 0.4) is 0 Å². The van der Waals surface area contributed by atoms with Crippen LogP contribution < -0.4 is 5.63 Å². The summed E-state index contributed by atoms with van der Waals surface area (Å²) in [5.74, 6) is 2.20. The Hall–Kier alpha value is -1.31. The SMILES string of the molecule is Cc1cc(/C=C/C2CCC(C)CC2)oc(=O)c1. The third-order valence-electron chi connectivity index (χ3n) is 3.53. The number of hydrogen-bond acceptors (Lipinski definition) is 2. The van der Waals surface area contributed by atoms with Gasteiger partial charge in [0.05, 0.1) is 0 Å². The summed E-state index contributed by atoms with van der Waals surface area (Å²) in [5, 5.41) is 0. The zero-order valence-electron chi connectivity index (χ0n) is 10.6. The van der Waals surface area contributed by atoms with Crippen LogP contribution in [0.15, 0.2) is 27.4 Å². The van der Waals surface area contributed by atoms with Crippen molar-refractivity contribution in [1.29, 1.82) is 0 Å². The van der Waals surface area contributed by atoms with E-state index in [2.05, 4.69) is 13.0 Å². The van der Waals surface area contributed by atoms with Gasteiger partial charge in [0, 0.05) is 6.07 Å². The highest BCUT2D eigenvalue weighted by Crippen LogP contribution is 2.29. The van der Waals surface area contributed by atoms with E-state index in [0.717, 1.165) is 11.5 Å². The van der Waals surface area contributed by atoms with Crippen LogP contribution in [0.25, 0.3) is 6.08 Å². The summed E-state index contributed by atoms with van der Waals surface area (Å²) in [6.45, 7) is 4.23. The lowest BCUT2D eigenvalue weighted by atomic mass is 9.83.